The van der Waals surface area contributed by atoms with Crippen molar-refractivity contribution in [3.8, 4) is 0 Å². The average molecular weight is 332 g/mol. The lowest BCUT2D eigenvalue weighted by molar-refractivity contribution is -0.121. The molecule has 3 rings (SSSR count). The fraction of sp³-hybridized carbons (Fsp3) is 0.562. The van der Waals surface area contributed by atoms with E-state index in [4.69, 9.17) is 4.74 Å². The van der Waals surface area contributed by atoms with Crippen LogP contribution in [0.5, 0.6) is 0 Å². The summed E-state index contributed by atoms with van der Waals surface area (Å²) in [7, 11) is 0. The van der Waals surface area contributed by atoms with Crippen molar-refractivity contribution >= 4 is 5.91 Å². The second-order valence-corrected chi connectivity index (χ2v) is 5.95. The second-order valence-electron chi connectivity index (χ2n) is 5.95. The predicted molar refractivity (Wildman–Crippen MR) is 88.1 cm³/mol. The maximum atomic E-state index is 11.8. The number of epoxide rings is 1. The molecule has 8 heteroatoms. The normalized spacial score (nSPS) is 19.3. The van der Waals surface area contributed by atoms with Gasteiger partial charge in [-0.1, -0.05) is 0 Å². The van der Waals surface area contributed by atoms with Crippen LogP contribution in [0.25, 0.3) is 0 Å². The molecule has 2 aromatic heterocycles. The van der Waals surface area contributed by atoms with Crippen LogP contribution in [-0.4, -0.2) is 51.3 Å². The van der Waals surface area contributed by atoms with Gasteiger partial charge in [-0.3, -0.25) is 10.1 Å². The molecule has 2 atom stereocenters. The van der Waals surface area contributed by atoms with E-state index >= 15 is 0 Å². The number of carbonyl (C=O) groups is 1. The Hall–Kier alpha value is -2.19. The number of amides is 1. The van der Waals surface area contributed by atoms with E-state index in [-0.39, 0.29) is 18.2 Å². The Bertz CT molecular complexity index is 598. The summed E-state index contributed by atoms with van der Waals surface area (Å²) in [4.78, 5) is 25.8. The highest BCUT2D eigenvalue weighted by atomic mass is 16.6. The van der Waals surface area contributed by atoms with Crippen molar-refractivity contribution in [2.24, 2.45) is 0 Å². The van der Waals surface area contributed by atoms with Crippen molar-refractivity contribution in [1.82, 2.24) is 30.6 Å². The number of H-pyrrole nitrogens is 2. The van der Waals surface area contributed by atoms with Crippen molar-refractivity contribution < 1.29 is 9.53 Å². The van der Waals surface area contributed by atoms with Gasteiger partial charge in [-0.25, -0.2) is 9.97 Å². The molecule has 1 aliphatic heterocycles. The third-order valence-corrected chi connectivity index (χ3v) is 4.04. The first kappa shape index (κ1) is 16.7. The summed E-state index contributed by atoms with van der Waals surface area (Å²) >= 11 is 0. The van der Waals surface area contributed by atoms with E-state index in [1.807, 2.05) is 6.20 Å². The summed E-state index contributed by atoms with van der Waals surface area (Å²) in [6.07, 6.45) is 11.3. The van der Waals surface area contributed by atoms with E-state index in [0.717, 1.165) is 43.6 Å². The Morgan fingerprint density at radius 1 is 1.12 bits per heavy atom. The zero-order valence-corrected chi connectivity index (χ0v) is 13.6. The Morgan fingerprint density at radius 3 is 2.50 bits per heavy atom. The van der Waals surface area contributed by atoms with Crippen LogP contribution in [0.4, 0.5) is 0 Å². The van der Waals surface area contributed by atoms with Crippen LogP contribution in [0, 0.1) is 0 Å². The number of aromatic amines is 2. The Balaban J connectivity index is 1.17. The summed E-state index contributed by atoms with van der Waals surface area (Å²) in [5.74, 6) is 0.0962. The van der Waals surface area contributed by atoms with Crippen molar-refractivity contribution in [2.75, 3.05) is 13.1 Å². The monoisotopic (exact) mass is 332 g/mol. The Morgan fingerprint density at radius 2 is 1.83 bits per heavy atom. The molecule has 1 fully saturated rings. The van der Waals surface area contributed by atoms with Gasteiger partial charge in [-0.05, 0) is 12.8 Å². The van der Waals surface area contributed by atoms with Crippen LogP contribution < -0.4 is 10.6 Å². The van der Waals surface area contributed by atoms with Gasteiger partial charge < -0.3 is 20.0 Å². The molecule has 4 N–H and O–H groups in total. The SMILES string of the molecule is O=C(CCCC1O[C@H]1NCCc1cnc[nH]1)NCCc1cnc[nH]1. The van der Waals surface area contributed by atoms with Crippen molar-refractivity contribution in [3.05, 3.63) is 36.4 Å². The van der Waals surface area contributed by atoms with Gasteiger partial charge in [0.15, 0.2) is 0 Å². The molecule has 0 aliphatic carbocycles. The van der Waals surface area contributed by atoms with Crippen LogP contribution >= 0.6 is 0 Å². The number of imidazole rings is 2. The van der Waals surface area contributed by atoms with Crippen LogP contribution in [-0.2, 0) is 22.4 Å². The summed E-state index contributed by atoms with van der Waals surface area (Å²) < 4.78 is 5.57. The number of hydrogen-bond acceptors (Lipinski definition) is 5. The number of rotatable bonds is 11. The number of hydrogen-bond donors (Lipinski definition) is 4. The van der Waals surface area contributed by atoms with Gasteiger partial charge in [0.05, 0.1) is 18.8 Å². The van der Waals surface area contributed by atoms with E-state index in [2.05, 4.69) is 30.6 Å². The van der Waals surface area contributed by atoms with Crippen LogP contribution in [0.3, 0.4) is 0 Å². The fourth-order valence-corrected chi connectivity index (χ4v) is 2.62. The van der Waals surface area contributed by atoms with Gasteiger partial charge in [0.25, 0.3) is 0 Å². The molecule has 1 saturated heterocycles. The molecule has 1 aliphatic rings. The lowest BCUT2D eigenvalue weighted by Crippen LogP contribution is -2.25. The molecule has 1 amide bonds. The van der Waals surface area contributed by atoms with E-state index in [1.165, 1.54) is 0 Å². The highest BCUT2D eigenvalue weighted by molar-refractivity contribution is 5.75. The van der Waals surface area contributed by atoms with Crippen LogP contribution in [0.2, 0.25) is 0 Å². The minimum absolute atomic E-state index is 0.0962. The first-order chi connectivity index (χ1) is 11.8. The molecule has 8 nitrogen and oxygen atoms in total. The predicted octanol–water partition coefficient (Wildman–Crippen LogP) is 0.519. The Labute approximate surface area is 140 Å². The Kier molecular flexibility index (Phi) is 5.97. The molecule has 0 aromatic carbocycles. The number of nitrogens with zero attached hydrogens (tertiary/aromatic N) is 2. The quantitative estimate of drug-likeness (QED) is 0.448. The summed E-state index contributed by atoms with van der Waals surface area (Å²) in [6.45, 7) is 1.50. The maximum Gasteiger partial charge on any atom is 0.220 e. The smallest absolute Gasteiger partial charge is 0.220 e. The highest BCUT2D eigenvalue weighted by Crippen LogP contribution is 2.24. The zero-order chi connectivity index (χ0) is 16.6. The van der Waals surface area contributed by atoms with Crippen molar-refractivity contribution in [1.29, 1.82) is 0 Å². The third kappa shape index (κ3) is 5.47. The van der Waals surface area contributed by atoms with Crippen LogP contribution in [0.15, 0.2) is 25.0 Å². The standard InChI is InChI=1S/C16H24N6O2/c23-15(19-6-4-12-8-17-10-21-12)3-1-2-14-16(24-14)20-7-5-13-9-18-11-22-13/h8-11,14,16,20H,1-7H2,(H,17,21)(H,18,22)(H,19,23)/t14?,16-/m1/s1. The van der Waals surface area contributed by atoms with Crippen molar-refractivity contribution in [2.45, 2.75) is 44.4 Å². The first-order valence-corrected chi connectivity index (χ1v) is 8.41. The molecule has 0 spiro atoms. The van der Waals surface area contributed by atoms with E-state index in [9.17, 15) is 4.79 Å². The van der Waals surface area contributed by atoms with E-state index in [1.54, 1.807) is 18.9 Å². The molecule has 0 saturated carbocycles. The lowest BCUT2D eigenvalue weighted by atomic mass is 10.2. The minimum atomic E-state index is 0.0962. The lowest BCUT2D eigenvalue weighted by Gasteiger charge is -2.03. The van der Waals surface area contributed by atoms with Gasteiger partial charge in [0.2, 0.25) is 5.91 Å². The first-order valence-electron chi connectivity index (χ1n) is 8.41. The van der Waals surface area contributed by atoms with Gasteiger partial charge in [0, 0.05) is 56.1 Å². The molecule has 2 aromatic rings. The second kappa shape index (κ2) is 8.60. The fourth-order valence-electron chi connectivity index (χ4n) is 2.62. The number of ether oxygens (including phenoxy) is 1. The van der Waals surface area contributed by atoms with Gasteiger partial charge in [-0.15, -0.1) is 0 Å². The number of carbonyl (C=O) groups excluding carboxylic acids is 1. The zero-order valence-electron chi connectivity index (χ0n) is 13.6. The molecule has 0 bridgehead atoms. The van der Waals surface area contributed by atoms with Gasteiger partial charge in [-0.2, -0.15) is 0 Å². The summed E-state index contributed by atoms with van der Waals surface area (Å²) in [5, 5.41) is 6.28. The van der Waals surface area contributed by atoms with E-state index < -0.39 is 0 Å². The molecule has 130 valence electrons. The topological polar surface area (TPSA) is 111 Å². The molecule has 3 heterocycles. The minimum Gasteiger partial charge on any atom is -0.356 e. The number of aromatic nitrogens is 4. The summed E-state index contributed by atoms with van der Waals surface area (Å²) in [6, 6.07) is 0. The van der Waals surface area contributed by atoms with Gasteiger partial charge in [0.1, 0.15) is 6.23 Å². The van der Waals surface area contributed by atoms with Crippen molar-refractivity contribution in [3.63, 3.8) is 0 Å². The number of nitrogens with one attached hydrogen (secondary N) is 4. The molecule has 24 heavy (non-hydrogen) atoms. The molecule has 0 radical (unpaired) electrons. The van der Waals surface area contributed by atoms with E-state index in [0.29, 0.717) is 13.0 Å². The van der Waals surface area contributed by atoms with Crippen LogP contribution in [0.1, 0.15) is 30.7 Å². The third-order valence-electron chi connectivity index (χ3n) is 4.04. The molecule has 1 unspecified atom stereocenters. The highest BCUT2D eigenvalue weighted by Gasteiger charge is 2.37. The molecular formula is C16H24N6O2. The van der Waals surface area contributed by atoms with Gasteiger partial charge >= 0.3 is 0 Å². The largest absolute Gasteiger partial charge is 0.356 e. The summed E-state index contributed by atoms with van der Waals surface area (Å²) in [5.41, 5.74) is 2.15. The average Bonchev–Trinajstić information content (AvgIpc) is 2.99. The maximum absolute atomic E-state index is 11.8. The molecular weight excluding hydrogens is 308 g/mol.